The Labute approximate surface area is 143 Å². The molecule has 1 aliphatic rings. The number of carbonyl (C=O) groups is 2. The quantitative estimate of drug-likeness (QED) is 0.798. The number of ether oxygens (including phenoxy) is 1. The van der Waals surface area contributed by atoms with Crippen LogP contribution in [0, 0.1) is 11.6 Å². The monoisotopic (exact) mass is 346 g/mol. The lowest BCUT2D eigenvalue weighted by Crippen LogP contribution is -2.33. The van der Waals surface area contributed by atoms with Crippen LogP contribution in [0.15, 0.2) is 42.5 Å². The van der Waals surface area contributed by atoms with E-state index in [2.05, 4.69) is 0 Å². The summed E-state index contributed by atoms with van der Waals surface area (Å²) in [5, 5.41) is 0. The second kappa shape index (κ2) is 6.51. The van der Waals surface area contributed by atoms with E-state index in [0.29, 0.717) is 11.3 Å². The van der Waals surface area contributed by atoms with Crippen molar-refractivity contribution in [2.45, 2.75) is 19.5 Å². The first-order valence-electron chi connectivity index (χ1n) is 7.65. The van der Waals surface area contributed by atoms with Gasteiger partial charge in [0.2, 0.25) is 0 Å². The van der Waals surface area contributed by atoms with Gasteiger partial charge < -0.3 is 4.74 Å². The number of nitrogens with zero attached hydrogens (tertiary/aromatic N) is 2. The summed E-state index contributed by atoms with van der Waals surface area (Å²) in [6.45, 7) is 1.54. The van der Waals surface area contributed by atoms with Crippen molar-refractivity contribution in [2.75, 3.05) is 12.0 Å². The Bertz CT molecular complexity index is 824. The third kappa shape index (κ3) is 3.05. The molecule has 0 N–H and O–H groups in total. The zero-order chi connectivity index (χ0) is 18.1. The fraction of sp³-hybridized carbons (Fsp3) is 0.222. The molecular formula is C18H16F2N2O3. The number of hydrogen-bond donors (Lipinski definition) is 0. The molecule has 2 aromatic carbocycles. The Kier molecular flexibility index (Phi) is 4.39. The van der Waals surface area contributed by atoms with Crippen LogP contribution in [0.25, 0.3) is 0 Å². The van der Waals surface area contributed by atoms with Crippen molar-refractivity contribution >= 4 is 17.6 Å². The van der Waals surface area contributed by atoms with Gasteiger partial charge in [0.05, 0.1) is 13.7 Å². The maximum Gasteiger partial charge on any atom is 0.332 e. The van der Waals surface area contributed by atoms with Crippen LogP contribution in [0.5, 0.6) is 5.75 Å². The minimum absolute atomic E-state index is 0.0549. The van der Waals surface area contributed by atoms with Crippen LogP contribution >= 0.6 is 0 Å². The van der Waals surface area contributed by atoms with Gasteiger partial charge in [0.1, 0.15) is 11.9 Å². The van der Waals surface area contributed by atoms with Crippen LogP contribution in [-0.4, -0.2) is 30.0 Å². The smallest absolute Gasteiger partial charge is 0.332 e. The molecule has 2 aromatic rings. The van der Waals surface area contributed by atoms with E-state index in [-0.39, 0.29) is 12.3 Å². The number of urea groups is 1. The number of hydrogen-bond acceptors (Lipinski definition) is 3. The van der Waals surface area contributed by atoms with Gasteiger partial charge in [-0.15, -0.1) is 0 Å². The van der Waals surface area contributed by atoms with Crippen molar-refractivity contribution in [3.8, 4) is 5.75 Å². The lowest BCUT2D eigenvalue weighted by Gasteiger charge is -2.19. The Morgan fingerprint density at radius 1 is 1.08 bits per heavy atom. The highest BCUT2D eigenvalue weighted by Crippen LogP contribution is 2.28. The maximum absolute atomic E-state index is 13.8. The number of carbonyl (C=O) groups excluding carboxylic acids is 2. The minimum Gasteiger partial charge on any atom is -0.494 e. The number of methoxy groups -OCH3 is 1. The van der Waals surface area contributed by atoms with E-state index in [0.717, 1.165) is 4.90 Å². The van der Waals surface area contributed by atoms with Crippen LogP contribution in [0.4, 0.5) is 19.3 Å². The molecule has 0 unspecified atom stereocenters. The summed E-state index contributed by atoms with van der Waals surface area (Å²) >= 11 is 0. The molecule has 0 aliphatic carbocycles. The number of halogens is 2. The number of rotatable bonds is 4. The van der Waals surface area contributed by atoms with Crippen molar-refractivity contribution in [3.63, 3.8) is 0 Å². The van der Waals surface area contributed by atoms with E-state index in [9.17, 15) is 18.4 Å². The Morgan fingerprint density at radius 3 is 2.36 bits per heavy atom. The fourth-order valence-corrected chi connectivity index (χ4v) is 2.80. The molecule has 1 fully saturated rings. The van der Waals surface area contributed by atoms with E-state index < -0.39 is 29.6 Å². The van der Waals surface area contributed by atoms with Gasteiger partial charge in [-0.3, -0.25) is 14.6 Å². The fourth-order valence-electron chi connectivity index (χ4n) is 2.80. The van der Waals surface area contributed by atoms with E-state index >= 15 is 0 Å². The molecule has 0 aromatic heterocycles. The third-order valence-electron chi connectivity index (χ3n) is 4.11. The first-order valence-corrected chi connectivity index (χ1v) is 7.65. The van der Waals surface area contributed by atoms with E-state index in [1.165, 1.54) is 48.4 Å². The molecule has 130 valence electrons. The predicted molar refractivity (Wildman–Crippen MR) is 87.2 cm³/mol. The molecule has 0 spiro atoms. The molecule has 3 amide bonds. The molecule has 1 atom stereocenters. The summed E-state index contributed by atoms with van der Waals surface area (Å²) in [6.07, 6.45) is 0. The van der Waals surface area contributed by atoms with Gasteiger partial charge in [0.25, 0.3) is 5.91 Å². The van der Waals surface area contributed by atoms with Crippen LogP contribution in [0.2, 0.25) is 0 Å². The summed E-state index contributed by atoms with van der Waals surface area (Å²) in [6, 6.07) is 8.33. The number of benzene rings is 2. The van der Waals surface area contributed by atoms with Gasteiger partial charge in [-0.1, -0.05) is 6.07 Å². The van der Waals surface area contributed by atoms with Crippen molar-refractivity contribution < 1.29 is 23.1 Å². The largest absolute Gasteiger partial charge is 0.494 e. The van der Waals surface area contributed by atoms with Crippen molar-refractivity contribution in [1.29, 1.82) is 0 Å². The topological polar surface area (TPSA) is 49.9 Å². The standard InChI is InChI=1S/C18H16F2N2O3/c1-11-17(23)21(10-12-3-8-16(25-2)15(20)9-12)18(24)22(11)14-6-4-13(19)5-7-14/h3-9,11H,10H2,1-2H3/t11-/m0/s1. The van der Waals surface area contributed by atoms with Gasteiger partial charge in [-0.2, -0.15) is 0 Å². The van der Waals surface area contributed by atoms with Crippen LogP contribution < -0.4 is 9.64 Å². The molecule has 7 heteroatoms. The molecule has 5 nitrogen and oxygen atoms in total. The van der Waals surface area contributed by atoms with Crippen LogP contribution in [-0.2, 0) is 11.3 Å². The molecule has 1 saturated heterocycles. The van der Waals surface area contributed by atoms with Gasteiger partial charge in [0, 0.05) is 5.69 Å². The number of anilines is 1. The lowest BCUT2D eigenvalue weighted by molar-refractivity contribution is -0.127. The minimum atomic E-state index is -0.721. The second-order valence-corrected chi connectivity index (χ2v) is 5.70. The Morgan fingerprint density at radius 2 is 1.76 bits per heavy atom. The third-order valence-corrected chi connectivity index (χ3v) is 4.11. The summed E-state index contributed by atoms with van der Waals surface area (Å²) in [5.41, 5.74) is 0.892. The Balaban J connectivity index is 1.85. The molecule has 0 saturated carbocycles. The van der Waals surface area contributed by atoms with Gasteiger partial charge in [-0.05, 0) is 48.9 Å². The van der Waals surface area contributed by atoms with Crippen molar-refractivity contribution in [1.82, 2.24) is 4.90 Å². The van der Waals surface area contributed by atoms with Crippen molar-refractivity contribution in [2.24, 2.45) is 0 Å². The molecule has 0 radical (unpaired) electrons. The highest BCUT2D eigenvalue weighted by molar-refractivity contribution is 6.13. The molecule has 0 bridgehead atoms. The molecule has 25 heavy (non-hydrogen) atoms. The first-order chi connectivity index (χ1) is 11.9. The molecular weight excluding hydrogens is 330 g/mol. The van der Waals surface area contributed by atoms with E-state index in [4.69, 9.17) is 4.74 Å². The zero-order valence-corrected chi connectivity index (χ0v) is 13.7. The molecule has 1 aliphatic heterocycles. The van der Waals surface area contributed by atoms with Gasteiger partial charge in [0.15, 0.2) is 11.6 Å². The first kappa shape index (κ1) is 16.9. The van der Waals surface area contributed by atoms with Crippen molar-refractivity contribution in [3.05, 3.63) is 59.7 Å². The van der Waals surface area contributed by atoms with E-state index in [1.54, 1.807) is 13.0 Å². The highest BCUT2D eigenvalue weighted by Gasteiger charge is 2.43. The van der Waals surface area contributed by atoms with Gasteiger partial charge >= 0.3 is 6.03 Å². The highest BCUT2D eigenvalue weighted by atomic mass is 19.1. The zero-order valence-electron chi connectivity index (χ0n) is 13.7. The van der Waals surface area contributed by atoms with Crippen LogP contribution in [0.1, 0.15) is 12.5 Å². The Hall–Kier alpha value is -2.96. The SMILES string of the molecule is COc1ccc(CN2C(=O)[C@H](C)N(c3ccc(F)cc3)C2=O)cc1F. The summed E-state index contributed by atoms with van der Waals surface area (Å²) in [5.74, 6) is -1.31. The molecule has 1 heterocycles. The summed E-state index contributed by atoms with van der Waals surface area (Å²) in [7, 11) is 1.36. The average molecular weight is 346 g/mol. The second-order valence-electron chi connectivity index (χ2n) is 5.70. The number of amides is 3. The predicted octanol–water partition coefficient (Wildman–Crippen LogP) is 3.33. The van der Waals surface area contributed by atoms with Gasteiger partial charge in [-0.25, -0.2) is 13.6 Å². The normalized spacial score (nSPS) is 17.4. The molecule has 3 rings (SSSR count). The summed E-state index contributed by atoms with van der Waals surface area (Å²) < 4.78 is 31.7. The van der Waals surface area contributed by atoms with E-state index in [1.807, 2.05) is 0 Å². The average Bonchev–Trinajstić information content (AvgIpc) is 2.80. The maximum atomic E-state index is 13.8. The van der Waals surface area contributed by atoms with Crippen LogP contribution in [0.3, 0.4) is 0 Å². The summed E-state index contributed by atoms with van der Waals surface area (Å²) in [4.78, 5) is 27.4. The lowest BCUT2D eigenvalue weighted by atomic mass is 10.2. The number of imide groups is 1.